The van der Waals surface area contributed by atoms with Crippen molar-refractivity contribution in [1.29, 1.82) is 0 Å². The molecule has 0 heterocycles. The first-order valence-electron chi connectivity index (χ1n) is 19.0. The third-order valence-corrected chi connectivity index (χ3v) is 10.9. The van der Waals surface area contributed by atoms with E-state index in [2.05, 4.69) is 41.0 Å². The van der Waals surface area contributed by atoms with Gasteiger partial charge in [-0.3, -0.25) is 4.79 Å². The van der Waals surface area contributed by atoms with Crippen molar-refractivity contribution in [3.05, 3.63) is 173 Å². The van der Waals surface area contributed by atoms with Crippen molar-refractivity contribution in [1.82, 2.24) is 10.6 Å². The molecule has 2 amide bonds. The Labute approximate surface area is 333 Å². The van der Waals surface area contributed by atoms with E-state index in [1.54, 1.807) is 49.6 Å². The van der Waals surface area contributed by atoms with Gasteiger partial charge in [-0.25, -0.2) is 4.79 Å². The molecule has 5 unspecified atom stereocenters. The van der Waals surface area contributed by atoms with Crippen LogP contribution in [0.2, 0.25) is 0 Å². The third-order valence-electron chi connectivity index (χ3n) is 10.9. The van der Waals surface area contributed by atoms with E-state index in [-0.39, 0.29) is 18.6 Å². The number of amides is 2. The number of ether oxygens (including phenoxy) is 4. The fourth-order valence-electron chi connectivity index (χ4n) is 7.55. The number of fused-ring (bicyclic) bond motifs is 3. The van der Waals surface area contributed by atoms with Crippen LogP contribution in [-0.2, 0) is 9.53 Å². The van der Waals surface area contributed by atoms with Crippen LogP contribution in [0.4, 0.5) is 4.79 Å². The van der Waals surface area contributed by atoms with Crippen LogP contribution in [-0.4, -0.2) is 45.1 Å². The van der Waals surface area contributed by atoms with Crippen LogP contribution in [0.3, 0.4) is 0 Å². The molecule has 0 spiro atoms. The van der Waals surface area contributed by atoms with Crippen molar-refractivity contribution in [3.8, 4) is 28.4 Å². The highest BCUT2D eigenvalue weighted by Gasteiger charge is 2.40. The van der Waals surface area contributed by atoms with Gasteiger partial charge in [-0.15, -0.1) is 0 Å². The Morgan fingerprint density at radius 3 is 2.02 bits per heavy atom. The molecule has 10 nitrogen and oxygen atoms in total. The van der Waals surface area contributed by atoms with Crippen LogP contribution in [0.5, 0.6) is 17.2 Å². The molecule has 0 aromatic heterocycles. The first-order valence-corrected chi connectivity index (χ1v) is 19.0. The van der Waals surface area contributed by atoms with Gasteiger partial charge in [0.05, 0.1) is 26.4 Å². The largest absolute Gasteiger partial charge is 0.497 e. The molecule has 0 aliphatic heterocycles. The van der Waals surface area contributed by atoms with Crippen LogP contribution >= 0.6 is 0 Å². The third kappa shape index (κ3) is 8.42. The molecule has 7 rings (SSSR count). The summed E-state index contributed by atoms with van der Waals surface area (Å²) in [6.45, 7) is 2.05. The molecular formula is C47H48N4O6. The van der Waals surface area contributed by atoms with Gasteiger partial charge in [0, 0.05) is 23.0 Å². The standard InChI is InChI=1S/C47H48N4O6/c1-47(26-24-31(25-27-47)41(48)30-14-6-4-7-15-30)45(49)51-44(52)43(57-32-16-8-5-9-17-32)42(38-23-22-33(54-2)28-40(38)55-3)50-46(53)56-29-39-36-20-12-10-18-34(36)35-19-11-13-21-37(35)39/h4-26,28,39,41-43,45H,27,29,48-49H2,1-3H3,(H,50,53)(H,51,52). The molecule has 5 aromatic carbocycles. The fourth-order valence-corrected chi connectivity index (χ4v) is 7.55. The molecule has 5 atom stereocenters. The molecule has 0 radical (unpaired) electrons. The SMILES string of the molecule is COc1ccc(C(NC(=O)OCC2c3ccccc3-c3ccccc32)C(Oc2ccccc2)C(=O)NC(N)C2(C)C=CC(C(N)c3ccccc3)=CC2)c(OC)c1. The van der Waals surface area contributed by atoms with E-state index in [1.165, 1.54) is 7.11 Å². The maximum atomic E-state index is 14.6. The van der Waals surface area contributed by atoms with E-state index < -0.39 is 35.7 Å². The molecule has 0 saturated heterocycles. The predicted octanol–water partition coefficient (Wildman–Crippen LogP) is 7.72. The van der Waals surface area contributed by atoms with E-state index in [9.17, 15) is 9.59 Å². The monoisotopic (exact) mass is 764 g/mol. The number of nitrogens with one attached hydrogen (secondary N) is 2. The lowest BCUT2D eigenvalue weighted by Gasteiger charge is -2.37. The smallest absolute Gasteiger partial charge is 0.407 e. The minimum Gasteiger partial charge on any atom is -0.497 e. The van der Waals surface area contributed by atoms with E-state index >= 15 is 0 Å². The zero-order chi connectivity index (χ0) is 39.9. The van der Waals surface area contributed by atoms with Gasteiger partial charge < -0.3 is 41.0 Å². The highest BCUT2D eigenvalue weighted by molar-refractivity contribution is 5.84. The summed E-state index contributed by atoms with van der Waals surface area (Å²) in [4.78, 5) is 28.6. The molecule has 10 heteroatoms. The van der Waals surface area contributed by atoms with Crippen LogP contribution in [0, 0.1) is 5.41 Å². The molecular weight excluding hydrogens is 717 g/mol. The number of benzene rings is 5. The second kappa shape index (κ2) is 17.2. The first-order chi connectivity index (χ1) is 27.7. The Bertz CT molecular complexity index is 2220. The summed E-state index contributed by atoms with van der Waals surface area (Å²) < 4.78 is 23.7. The summed E-state index contributed by atoms with van der Waals surface area (Å²) in [5, 5.41) is 5.98. The van der Waals surface area contributed by atoms with Crippen LogP contribution in [0.1, 0.15) is 53.6 Å². The lowest BCUT2D eigenvalue weighted by atomic mass is 9.77. The number of methoxy groups -OCH3 is 2. The highest BCUT2D eigenvalue weighted by Crippen LogP contribution is 2.45. The molecule has 0 saturated carbocycles. The number of carbonyl (C=O) groups excluding carboxylic acids is 2. The minimum absolute atomic E-state index is 0.0712. The predicted molar refractivity (Wildman–Crippen MR) is 221 cm³/mol. The Morgan fingerprint density at radius 1 is 0.772 bits per heavy atom. The summed E-state index contributed by atoms with van der Waals surface area (Å²) in [5.41, 5.74) is 19.6. The number of para-hydroxylation sites is 1. The second-order valence-corrected chi connectivity index (χ2v) is 14.5. The van der Waals surface area contributed by atoms with Crippen molar-refractivity contribution in [2.45, 2.75) is 43.6 Å². The first kappa shape index (κ1) is 38.9. The zero-order valence-corrected chi connectivity index (χ0v) is 32.3. The van der Waals surface area contributed by atoms with E-state index in [0.29, 0.717) is 29.2 Å². The van der Waals surface area contributed by atoms with Gasteiger partial charge in [0.25, 0.3) is 5.91 Å². The van der Waals surface area contributed by atoms with Gasteiger partial charge >= 0.3 is 6.09 Å². The van der Waals surface area contributed by atoms with Gasteiger partial charge in [0.1, 0.15) is 29.9 Å². The number of hydrogen-bond donors (Lipinski definition) is 4. The van der Waals surface area contributed by atoms with Crippen molar-refractivity contribution < 1.29 is 28.5 Å². The topological polar surface area (TPSA) is 147 Å². The summed E-state index contributed by atoms with van der Waals surface area (Å²) in [7, 11) is 3.05. The van der Waals surface area contributed by atoms with E-state index in [0.717, 1.165) is 33.4 Å². The number of rotatable bonds is 14. The Balaban J connectivity index is 1.16. The summed E-state index contributed by atoms with van der Waals surface area (Å²) in [5.74, 6) is 0.573. The number of nitrogens with two attached hydrogens (primary N) is 2. The van der Waals surface area contributed by atoms with E-state index in [4.69, 9.17) is 30.4 Å². The molecule has 57 heavy (non-hydrogen) atoms. The fraction of sp³-hybridized carbons (Fsp3) is 0.234. The van der Waals surface area contributed by atoms with Crippen LogP contribution < -0.4 is 36.3 Å². The van der Waals surface area contributed by atoms with Gasteiger partial charge in [-0.2, -0.15) is 0 Å². The molecule has 0 fully saturated rings. The Hall–Kier alpha value is -6.36. The maximum absolute atomic E-state index is 14.6. The summed E-state index contributed by atoms with van der Waals surface area (Å²) in [6, 6.07) is 38.8. The minimum atomic E-state index is -1.34. The normalized spacial score (nSPS) is 17.8. The zero-order valence-electron chi connectivity index (χ0n) is 32.3. The van der Waals surface area contributed by atoms with Gasteiger partial charge in [-0.05, 0) is 64.1 Å². The maximum Gasteiger partial charge on any atom is 0.407 e. The van der Waals surface area contributed by atoms with E-state index in [1.807, 2.05) is 79.7 Å². The molecule has 2 aliphatic rings. The Kier molecular flexibility index (Phi) is 11.7. The number of carbonyl (C=O) groups is 2. The molecule has 6 N–H and O–H groups in total. The van der Waals surface area contributed by atoms with Gasteiger partial charge in [-0.1, -0.05) is 122 Å². The molecule has 5 aromatic rings. The van der Waals surface area contributed by atoms with Gasteiger partial charge in [0.15, 0.2) is 0 Å². The molecule has 2 aliphatic carbocycles. The highest BCUT2D eigenvalue weighted by atomic mass is 16.6. The van der Waals surface area contributed by atoms with Gasteiger partial charge in [0.2, 0.25) is 6.10 Å². The second-order valence-electron chi connectivity index (χ2n) is 14.5. The van der Waals surface area contributed by atoms with Crippen molar-refractivity contribution in [2.75, 3.05) is 20.8 Å². The van der Waals surface area contributed by atoms with Crippen molar-refractivity contribution in [2.24, 2.45) is 16.9 Å². The number of allylic oxidation sites excluding steroid dienone is 1. The number of alkyl carbamates (subject to hydrolysis) is 1. The average molecular weight is 765 g/mol. The number of hydrogen-bond acceptors (Lipinski definition) is 8. The summed E-state index contributed by atoms with van der Waals surface area (Å²) >= 11 is 0. The van der Waals surface area contributed by atoms with Crippen LogP contribution in [0.15, 0.2) is 151 Å². The average Bonchev–Trinajstić information content (AvgIpc) is 3.57. The lowest BCUT2D eigenvalue weighted by Crippen LogP contribution is -2.57. The van der Waals surface area contributed by atoms with Crippen molar-refractivity contribution >= 4 is 12.0 Å². The quantitative estimate of drug-likeness (QED) is 0.0841. The molecule has 0 bridgehead atoms. The molecule has 292 valence electrons. The van der Waals surface area contributed by atoms with Crippen LogP contribution in [0.25, 0.3) is 11.1 Å². The Morgan fingerprint density at radius 2 is 1.40 bits per heavy atom. The lowest BCUT2D eigenvalue weighted by molar-refractivity contribution is -0.130. The summed E-state index contributed by atoms with van der Waals surface area (Å²) in [6.07, 6.45) is 3.62. The van der Waals surface area contributed by atoms with Crippen molar-refractivity contribution in [3.63, 3.8) is 0 Å².